The van der Waals surface area contributed by atoms with E-state index in [9.17, 15) is 9.90 Å². The van der Waals surface area contributed by atoms with Crippen molar-refractivity contribution in [1.29, 1.82) is 0 Å². The molecule has 0 aliphatic heterocycles. The first kappa shape index (κ1) is 21.6. The smallest absolute Gasteiger partial charge is 0.240 e. The van der Waals surface area contributed by atoms with Crippen LogP contribution >= 0.6 is 0 Å². The van der Waals surface area contributed by atoms with Gasteiger partial charge in [0, 0.05) is 44.4 Å². The van der Waals surface area contributed by atoms with Crippen molar-refractivity contribution in [3.8, 4) is 0 Å². The van der Waals surface area contributed by atoms with E-state index in [4.69, 9.17) is 4.74 Å². The van der Waals surface area contributed by atoms with Gasteiger partial charge in [0.25, 0.3) is 0 Å². The molecule has 6 heteroatoms. The quantitative estimate of drug-likeness (QED) is 0.566. The van der Waals surface area contributed by atoms with Gasteiger partial charge in [-0.25, -0.2) is 0 Å². The second kappa shape index (κ2) is 9.26. The normalized spacial score (nSPS) is 22.1. The van der Waals surface area contributed by atoms with Crippen molar-refractivity contribution in [1.82, 2.24) is 15.3 Å². The summed E-state index contributed by atoms with van der Waals surface area (Å²) in [5.41, 5.74) is 1.08. The fraction of sp³-hybridized carbons (Fsp3) is 0.192. The van der Waals surface area contributed by atoms with Crippen molar-refractivity contribution in [2.45, 2.75) is 17.1 Å². The van der Waals surface area contributed by atoms with E-state index < -0.39 is 11.2 Å². The van der Waals surface area contributed by atoms with Crippen LogP contribution in [-0.4, -0.2) is 40.4 Å². The van der Waals surface area contributed by atoms with E-state index in [-0.39, 0.29) is 11.8 Å². The molecule has 3 aromatic rings. The Hall–Kier alpha value is -3.61. The molecule has 4 rings (SSSR count). The SMILES string of the molecule is COC1(O)C=CC=C[C@@]1(C(=O)NCC(c1cccnc1)c1cccnc1)c1ccccc1. The molecule has 2 atom stereocenters. The Morgan fingerprint density at radius 2 is 1.59 bits per heavy atom. The Labute approximate surface area is 187 Å². The van der Waals surface area contributed by atoms with Crippen molar-refractivity contribution in [3.05, 3.63) is 120 Å². The van der Waals surface area contributed by atoms with Gasteiger partial charge in [-0.3, -0.25) is 14.8 Å². The van der Waals surface area contributed by atoms with Gasteiger partial charge in [-0.05, 0) is 34.9 Å². The first-order valence-electron chi connectivity index (χ1n) is 10.4. The van der Waals surface area contributed by atoms with Crippen LogP contribution in [-0.2, 0) is 14.9 Å². The summed E-state index contributed by atoms with van der Waals surface area (Å²) in [7, 11) is 1.39. The van der Waals surface area contributed by atoms with Crippen molar-refractivity contribution in [2.75, 3.05) is 13.7 Å². The number of hydrogen-bond acceptors (Lipinski definition) is 5. The zero-order valence-corrected chi connectivity index (χ0v) is 17.8. The third-order valence-electron chi connectivity index (χ3n) is 5.88. The number of nitrogens with one attached hydrogen (secondary N) is 1. The summed E-state index contributed by atoms with van der Waals surface area (Å²) in [6.45, 7) is 0.294. The highest BCUT2D eigenvalue weighted by Gasteiger charge is 2.55. The Morgan fingerprint density at radius 1 is 0.969 bits per heavy atom. The lowest BCUT2D eigenvalue weighted by Gasteiger charge is -2.43. The third kappa shape index (κ3) is 3.86. The number of nitrogens with zero attached hydrogens (tertiary/aromatic N) is 2. The molecule has 1 aromatic carbocycles. The van der Waals surface area contributed by atoms with E-state index in [1.807, 2.05) is 54.6 Å². The van der Waals surface area contributed by atoms with Crippen LogP contribution < -0.4 is 5.32 Å². The number of pyridine rings is 2. The number of carbonyl (C=O) groups is 1. The van der Waals surface area contributed by atoms with Gasteiger partial charge in [0.1, 0.15) is 5.41 Å². The molecule has 0 radical (unpaired) electrons. The summed E-state index contributed by atoms with van der Waals surface area (Å²) >= 11 is 0. The van der Waals surface area contributed by atoms with Crippen molar-refractivity contribution >= 4 is 5.91 Å². The van der Waals surface area contributed by atoms with E-state index in [1.54, 1.807) is 43.0 Å². The summed E-state index contributed by atoms with van der Waals surface area (Å²) in [6, 6.07) is 16.8. The van der Waals surface area contributed by atoms with Crippen molar-refractivity contribution < 1.29 is 14.6 Å². The zero-order valence-electron chi connectivity index (χ0n) is 17.8. The Kier molecular flexibility index (Phi) is 6.25. The summed E-state index contributed by atoms with van der Waals surface area (Å²) in [5, 5.41) is 14.4. The van der Waals surface area contributed by atoms with Crippen LogP contribution in [0.2, 0.25) is 0 Å². The number of allylic oxidation sites excluding steroid dienone is 2. The molecule has 6 nitrogen and oxygen atoms in total. The fourth-order valence-electron chi connectivity index (χ4n) is 4.17. The highest BCUT2D eigenvalue weighted by Crippen LogP contribution is 2.41. The highest BCUT2D eigenvalue weighted by molar-refractivity contribution is 5.93. The van der Waals surface area contributed by atoms with Crippen LogP contribution in [0.5, 0.6) is 0 Å². The second-order valence-electron chi connectivity index (χ2n) is 7.63. The Bertz CT molecular complexity index is 1060. The zero-order chi connectivity index (χ0) is 22.4. The Balaban J connectivity index is 1.69. The van der Waals surface area contributed by atoms with Crippen molar-refractivity contribution in [2.24, 2.45) is 0 Å². The summed E-state index contributed by atoms with van der Waals surface area (Å²) in [4.78, 5) is 22.3. The van der Waals surface area contributed by atoms with Crippen LogP contribution in [0.25, 0.3) is 0 Å². The van der Waals surface area contributed by atoms with E-state index in [0.717, 1.165) is 11.1 Å². The molecule has 1 aliphatic carbocycles. The predicted molar refractivity (Wildman–Crippen MR) is 122 cm³/mol. The Morgan fingerprint density at radius 3 is 2.16 bits per heavy atom. The van der Waals surface area contributed by atoms with E-state index >= 15 is 0 Å². The van der Waals surface area contributed by atoms with Gasteiger partial charge in [-0.1, -0.05) is 60.7 Å². The van der Waals surface area contributed by atoms with E-state index in [0.29, 0.717) is 12.1 Å². The van der Waals surface area contributed by atoms with Gasteiger partial charge >= 0.3 is 0 Å². The van der Waals surface area contributed by atoms with Gasteiger partial charge < -0.3 is 15.2 Å². The molecule has 32 heavy (non-hydrogen) atoms. The summed E-state index contributed by atoms with van der Waals surface area (Å²) in [5.74, 6) is -2.37. The molecule has 0 saturated heterocycles. The maximum absolute atomic E-state index is 13.8. The fourth-order valence-corrected chi connectivity index (χ4v) is 4.17. The molecule has 1 aliphatic rings. The van der Waals surface area contributed by atoms with Gasteiger partial charge in [0.05, 0.1) is 0 Å². The van der Waals surface area contributed by atoms with Gasteiger partial charge in [0.15, 0.2) is 0 Å². The largest absolute Gasteiger partial charge is 0.361 e. The molecule has 162 valence electrons. The topological polar surface area (TPSA) is 84.3 Å². The van der Waals surface area contributed by atoms with Crippen LogP contribution in [0, 0.1) is 0 Å². The monoisotopic (exact) mass is 427 g/mol. The number of amides is 1. The van der Waals surface area contributed by atoms with Crippen LogP contribution in [0.3, 0.4) is 0 Å². The van der Waals surface area contributed by atoms with Crippen LogP contribution in [0.15, 0.2) is 104 Å². The average molecular weight is 428 g/mol. The lowest BCUT2D eigenvalue weighted by molar-refractivity contribution is -0.190. The minimum Gasteiger partial charge on any atom is -0.361 e. The van der Waals surface area contributed by atoms with Crippen LogP contribution in [0.1, 0.15) is 22.6 Å². The number of aromatic nitrogens is 2. The maximum Gasteiger partial charge on any atom is 0.240 e. The highest BCUT2D eigenvalue weighted by atomic mass is 16.6. The first-order chi connectivity index (χ1) is 15.6. The molecular weight excluding hydrogens is 402 g/mol. The van der Waals surface area contributed by atoms with E-state index in [2.05, 4.69) is 15.3 Å². The molecular formula is C26H25N3O3. The van der Waals surface area contributed by atoms with Gasteiger partial charge in [-0.2, -0.15) is 0 Å². The third-order valence-corrected chi connectivity index (χ3v) is 5.88. The number of carbonyl (C=O) groups excluding carboxylic acids is 1. The van der Waals surface area contributed by atoms with Gasteiger partial charge in [0.2, 0.25) is 11.7 Å². The predicted octanol–water partition coefficient (Wildman–Crippen LogP) is 3.12. The molecule has 2 aromatic heterocycles. The molecule has 0 fully saturated rings. The molecule has 1 amide bonds. The van der Waals surface area contributed by atoms with E-state index in [1.165, 1.54) is 13.2 Å². The number of hydrogen-bond donors (Lipinski definition) is 2. The van der Waals surface area contributed by atoms with Crippen LogP contribution in [0.4, 0.5) is 0 Å². The first-order valence-corrected chi connectivity index (χ1v) is 10.4. The average Bonchev–Trinajstić information content (AvgIpc) is 2.86. The lowest BCUT2D eigenvalue weighted by atomic mass is 9.70. The summed E-state index contributed by atoms with van der Waals surface area (Å²) in [6.07, 6.45) is 13.6. The number of benzene rings is 1. The number of rotatable bonds is 7. The lowest BCUT2D eigenvalue weighted by Crippen LogP contribution is -2.60. The second-order valence-corrected chi connectivity index (χ2v) is 7.63. The maximum atomic E-state index is 13.8. The molecule has 0 spiro atoms. The molecule has 0 bridgehead atoms. The number of methoxy groups -OCH3 is 1. The molecule has 0 saturated carbocycles. The minimum atomic E-state index is -1.84. The molecule has 1 unspecified atom stereocenters. The van der Waals surface area contributed by atoms with Gasteiger partial charge in [-0.15, -0.1) is 0 Å². The number of aliphatic hydroxyl groups is 1. The molecule has 2 N–H and O–H groups in total. The summed E-state index contributed by atoms with van der Waals surface area (Å²) < 4.78 is 5.48. The minimum absolute atomic E-state index is 0.159. The standard InChI is InChI=1S/C26H25N3O3/c1-32-26(31)14-6-5-13-25(26,22-11-3-2-4-12-22)24(30)29-19-23(20-9-7-15-27-17-20)21-10-8-16-28-18-21/h2-18,23,31H,19H2,1H3,(H,29,30)/t25-,26?/m0/s1. The number of ether oxygens (including phenoxy) is 1. The molecule has 2 heterocycles. The van der Waals surface area contributed by atoms with Crippen molar-refractivity contribution in [3.63, 3.8) is 0 Å².